The fourth-order valence-corrected chi connectivity index (χ4v) is 6.53. The standard InChI is InChI=1S/C20H22N2S3/c1-21(2)18-17(15-11-7-5-8-12-15)24-20(25-18,19(23)22(3)4)16-13-9-6-10-14-16/h5-14H,1-4H3/t20-/m0/s1. The summed E-state index contributed by atoms with van der Waals surface area (Å²) in [6.07, 6.45) is 0. The van der Waals surface area contributed by atoms with E-state index in [1.165, 1.54) is 21.1 Å². The predicted octanol–water partition coefficient (Wildman–Crippen LogP) is 5.10. The first-order chi connectivity index (χ1) is 12.0. The highest BCUT2D eigenvalue weighted by molar-refractivity contribution is 8.28. The molecular weight excluding hydrogens is 364 g/mol. The molecule has 0 radical (unpaired) electrons. The van der Waals surface area contributed by atoms with E-state index in [1.54, 1.807) is 0 Å². The molecule has 0 aliphatic carbocycles. The van der Waals surface area contributed by atoms with Gasteiger partial charge in [-0.05, 0) is 11.1 Å². The number of hydrogen-bond acceptors (Lipinski definition) is 4. The number of thiocarbonyl (C=S) groups is 1. The summed E-state index contributed by atoms with van der Waals surface area (Å²) in [6, 6.07) is 21.2. The number of rotatable bonds is 4. The molecule has 0 saturated heterocycles. The topological polar surface area (TPSA) is 6.48 Å². The van der Waals surface area contributed by atoms with Crippen LogP contribution in [0.4, 0.5) is 0 Å². The molecule has 0 fully saturated rings. The van der Waals surface area contributed by atoms with Crippen LogP contribution in [0.25, 0.3) is 4.91 Å². The largest absolute Gasteiger partial charge is 0.372 e. The van der Waals surface area contributed by atoms with Crippen LogP contribution >= 0.6 is 35.7 Å². The highest BCUT2D eigenvalue weighted by atomic mass is 32.2. The van der Waals surface area contributed by atoms with Gasteiger partial charge in [-0.3, -0.25) is 0 Å². The zero-order valence-electron chi connectivity index (χ0n) is 14.9. The summed E-state index contributed by atoms with van der Waals surface area (Å²) in [7, 11) is 8.27. The first kappa shape index (κ1) is 18.4. The lowest BCUT2D eigenvalue weighted by Crippen LogP contribution is -2.36. The highest BCUT2D eigenvalue weighted by Crippen LogP contribution is 2.64. The van der Waals surface area contributed by atoms with Crippen LogP contribution in [0.15, 0.2) is 65.7 Å². The molecule has 2 nitrogen and oxygen atoms in total. The summed E-state index contributed by atoms with van der Waals surface area (Å²) < 4.78 is -0.329. The lowest BCUT2D eigenvalue weighted by atomic mass is 10.1. The van der Waals surface area contributed by atoms with E-state index in [0.717, 1.165) is 4.99 Å². The van der Waals surface area contributed by atoms with Crippen LogP contribution in [-0.2, 0) is 4.08 Å². The second-order valence-corrected chi connectivity index (χ2v) is 9.35. The molecule has 2 aromatic carbocycles. The van der Waals surface area contributed by atoms with Crippen molar-refractivity contribution in [2.75, 3.05) is 28.2 Å². The number of likely N-dealkylation sites (N-methyl/N-ethyl adjacent to an activating group) is 1. The molecule has 0 bridgehead atoms. The second kappa shape index (κ2) is 7.44. The van der Waals surface area contributed by atoms with Gasteiger partial charge in [-0.15, -0.1) is 0 Å². The fourth-order valence-electron chi connectivity index (χ4n) is 2.74. The molecule has 0 N–H and O–H groups in total. The zero-order valence-corrected chi connectivity index (χ0v) is 17.3. The van der Waals surface area contributed by atoms with E-state index < -0.39 is 0 Å². The van der Waals surface area contributed by atoms with E-state index in [1.807, 2.05) is 37.6 Å². The van der Waals surface area contributed by atoms with Crippen molar-refractivity contribution in [1.29, 1.82) is 0 Å². The minimum atomic E-state index is -0.329. The maximum atomic E-state index is 5.91. The van der Waals surface area contributed by atoms with E-state index in [9.17, 15) is 0 Å². The van der Waals surface area contributed by atoms with Crippen LogP contribution < -0.4 is 0 Å². The van der Waals surface area contributed by atoms with E-state index in [2.05, 4.69) is 84.6 Å². The molecule has 1 atom stereocenters. The molecule has 1 aliphatic heterocycles. The van der Waals surface area contributed by atoms with Crippen LogP contribution in [-0.4, -0.2) is 43.0 Å². The van der Waals surface area contributed by atoms with Gasteiger partial charge in [-0.2, -0.15) is 0 Å². The molecule has 0 spiro atoms. The van der Waals surface area contributed by atoms with Crippen molar-refractivity contribution in [2.45, 2.75) is 4.08 Å². The van der Waals surface area contributed by atoms with Gasteiger partial charge in [-0.25, -0.2) is 0 Å². The Balaban J connectivity index is 2.13. The molecule has 1 heterocycles. The van der Waals surface area contributed by atoms with E-state index >= 15 is 0 Å². The fraction of sp³-hybridized carbons (Fsp3) is 0.250. The van der Waals surface area contributed by atoms with Gasteiger partial charge in [-0.1, -0.05) is 96.4 Å². The molecule has 5 heteroatoms. The lowest BCUT2D eigenvalue weighted by Gasteiger charge is -2.33. The Hall–Kier alpha value is -1.43. The van der Waals surface area contributed by atoms with Crippen LogP contribution in [0.5, 0.6) is 0 Å². The summed E-state index contributed by atoms with van der Waals surface area (Å²) >= 11 is 9.61. The minimum absolute atomic E-state index is 0.329. The van der Waals surface area contributed by atoms with E-state index in [4.69, 9.17) is 12.2 Å². The van der Waals surface area contributed by atoms with Crippen molar-refractivity contribution < 1.29 is 0 Å². The van der Waals surface area contributed by atoms with Crippen molar-refractivity contribution in [3.63, 3.8) is 0 Å². The maximum absolute atomic E-state index is 5.91. The first-order valence-corrected chi connectivity index (χ1v) is 10.1. The van der Waals surface area contributed by atoms with Crippen LogP contribution in [0.1, 0.15) is 11.1 Å². The number of nitrogens with zero attached hydrogens (tertiary/aromatic N) is 2. The van der Waals surface area contributed by atoms with Crippen LogP contribution in [0.2, 0.25) is 0 Å². The Morgan fingerprint density at radius 2 is 1.40 bits per heavy atom. The Morgan fingerprint density at radius 1 is 0.840 bits per heavy atom. The molecule has 0 saturated carbocycles. The third kappa shape index (κ3) is 3.46. The van der Waals surface area contributed by atoms with Crippen molar-refractivity contribution in [3.8, 4) is 0 Å². The van der Waals surface area contributed by atoms with E-state index in [0.29, 0.717) is 0 Å². The van der Waals surface area contributed by atoms with Crippen molar-refractivity contribution in [2.24, 2.45) is 0 Å². The molecule has 25 heavy (non-hydrogen) atoms. The van der Waals surface area contributed by atoms with Crippen LogP contribution in [0.3, 0.4) is 0 Å². The minimum Gasteiger partial charge on any atom is -0.372 e. The summed E-state index contributed by atoms with van der Waals surface area (Å²) in [5, 5.41) is 1.25. The summed E-state index contributed by atoms with van der Waals surface area (Å²) in [4.78, 5) is 6.47. The number of hydrogen-bond donors (Lipinski definition) is 0. The Bertz CT molecular complexity index is 785. The monoisotopic (exact) mass is 386 g/mol. The second-order valence-electron chi connectivity index (χ2n) is 6.28. The first-order valence-electron chi connectivity index (χ1n) is 8.08. The summed E-state index contributed by atoms with van der Waals surface area (Å²) in [5.41, 5.74) is 2.47. The Morgan fingerprint density at radius 3 is 1.92 bits per heavy atom. The molecular formula is C20H22N2S3. The Labute approximate surface area is 164 Å². The van der Waals surface area contributed by atoms with Gasteiger partial charge in [0.2, 0.25) is 0 Å². The predicted molar refractivity (Wildman–Crippen MR) is 117 cm³/mol. The smallest absolute Gasteiger partial charge is 0.147 e. The Kier molecular flexibility index (Phi) is 5.46. The molecule has 2 aromatic rings. The lowest BCUT2D eigenvalue weighted by molar-refractivity contribution is 0.553. The van der Waals surface area contributed by atoms with Gasteiger partial charge in [0, 0.05) is 33.1 Å². The molecule has 0 amide bonds. The zero-order chi connectivity index (χ0) is 18.0. The van der Waals surface area contributed by atoms with Crippen LogP contribution in [0, 0.1) is 0 Å². The molecule has 0 unspecified atom stereocenters. The molecule has 0 aromatic heterocycles. The molecule has 3 rings (SSSR count). The van der Waals surface area contributed by atoms with Crippen molar-refractivity contribution >= 4 is 45.6 Å². The average Bonchev–Trinajstić information content (AvgIpc) is 3.05. The molecule has 130 valence electrons. The normalized spacial score (nSPS) is 19.8. The van der Waals surface area contributed by atoms with Gasteiger partial charge in [0.15, 0.2) is 0 Å². The SMILES string of the molecule is CN(C)C(=S)[C@@]1(c2ccccc2)SC(c2ccccc2)=C(N(C)C)S1. The van der Waals surface area contributed by atoms with Crippen molar-refractivity contribution in [1.82, 2.24) is 9.80 Å². The quantitative estimate of drug-likeness (QED) is 0.673. The molecule has 1 aliphatic rings. The highest BCUT2D eigenvalue weighted by Gasteiger charge is 2.47. The van der Waals surface area contributed by atoms with Crippen molar-refractivity contribution in [3.05, 3.63) is 76.8 Å². The van der Waals surface area contributed by atoms with E-state index in [-0.39, 0.29) is 4.08 Å². The van der Waals surface area contributed by atoms with Gasteiger partial charge in [0.25, 0.3) is 0 Å². The number of thioether (sulfide) groups is 2. The average molecular weight is 387 g/mol. The number of benzene rings is 2. The summed E-state index contributed by atoms with van der Waals surface area (Å²) in [6.45, 7) is 0. The third-order valence-electron chi connectivity index (χ3n) is 3.96. The summed E-state index contributed by atoms with van der Waals surface area (Å²) in [5.74, 6) is 0. The van der Waals surface area contributed by atoms with Gasteiger partial charge in [0.1, 0.15) is 9.07 Å². The third-order valence-corrected chi connectivity index (χ3v) is 8.35. The van der Waals surface area contributed by atoms with Gasteiger partial charge >= 0.3 is 0 Å². The van der Waals surface area contributed by atoms with Gasteiger partial charge < -0.3 is 9.80 Å². The maximum Gasteiger partial charge on any atom is 0.147 e. The van der Waals surface area contributed by atoms with Gasteiger partial charge in [0.05, 0.1) is 5.03 Å².